The molecule has 13 nitrogen and oxygen atoms in total. The van der Waals surface area contributed by atoms with Crippen molar-refractivity contribution < 1.29 is 37.1 Å². The Morgan fingerprint density at radius 2 is 1.84 bits per heavy atom. The number of imide groups is 1. The molecule has 0 atom stereocenters. The summed E-state index contributed by atoms with van der Waals surface area (Å²) in [6.45, 7) is 2.72. The highest BCUT2D eigenvalue weighted by Crippen LogP contribution is 2.33. The van der Waals surface area contributed by atoms with E-state index in [4.69, 9.17) is 9.84 Å². The molecule has 3 aliphatic rings. The van der Waals surface area contributed by atoms with Crippen LogP contribution in [0, 0.1) is 0 Å². The fraction of sp³-hybridized carbons (Fsp3) is 0.333. The third-order valence-corrected chi connectivity index (χ3v) is 8.98. The van der Waals surface area contributed by atoms with Crippen LogP contribution in [0.1, 0.15) is 63.0 Å². The van der Waals surface area contributed by atoms with Crippen LogP contribution in [0.15, 0.2) is 54.7 Å². The number of nitrogens with zero attached hydrogens (tertiary/aromatic N) is 6. The molecule has 0 aliphatic carbocycles. The summed E-state index contributed by atoms with van der Waals surface area (Å²) in [4.78, 5) is 55.4. The molecule has 4 aromatic rings. The second kappa shape index (κ2) is 12.5. The molecule has 16 heteroatoms. The summed E-state index contributed by atoms with van der Waals surface area (Å²) in [6, 6.07) is 11.7. The van der Waals surface area contributed by atoms with Crippen LogP contribution in [0.25, 0.3) is 10.9 Å². The number of rotatable bonds is 7. The summed E-state index contributed by atoms with van der Waals surface area (Å²) in [5.41, 5.74) is 1.83. The fourth-order valence-corrected chi connectivity index (χ4v) is 6.47. The van der Waals surface area contributed by atoms with Gasteiger partial charge < -0.3 is 10.1 Å². The van der Waals surface area contributed by atoms with Crippen molar-refractivity contribution in [2.24, 2.45) is 0 Å². The number of methoxy groups -OCH3 is 1. The normalized spacial score (nSPS) is 17.4. The molecule has 0 unspecified atom stereocenters. The van der Waals surface area contributed by atoms with Crippen LogP contribution in [0.5, 0.6) is 5.75 Å². The minimum absolute atomic E-state index is 0.121. The van der Waals surface area contributed by atoms with Crippen LogP contribution in [0.4, 0.5) is 23.7 Å². The van der Waals surface area contributed by atoms with E-state index in [9.17, 15) is 32.3 Å². The van der Waals surface area contributed by atoms with Crippen LogP contribution in [0.3, 0.4) is 0 Å². The number of carbonyl (C=O) groups excluding carboxylic acids is 4. The van der Waals surface area contributed by atoms with Gasteiger partial charge in [0.05, 0.1) is 37.4 Å². The Bertz CT molecular complexity index is 1990. The second-order valence-corrected chi connectivity index (χ2v) is 12.2. The molecule has 2 saturated heterocycles. The van der Waals surface area contributed by atoms with Crippen LogP contribution in [-0.2, 0) is 24.1 Å². The first-order valence-electron chi connectivity index (χ1n) is 15.7. The van der Waals surface area contributed by atoms with E-state index < -0.39 is 23.8 Å². The van der Waals surface area contributed by atoms with Gasteiger partial charge in [-0.15, -0.1) is 0 Å². The highest BCUT2D eigenvalue weighted by molar-refractivity contribution is 6.05. The predicted molar refractivity (Wildman–Crippen MR) is 168 cm³/mol. The van der Waals surface area contributed by atoms with Crippen LogP contribution in [-0.4, -0.2) is 80.2 Å². The Morgan fingerprint density at radius 3 is 2.57 bits per heavy atom. The van der Waals surface area contributed by atoms with Gasteiger partial charge in [-0.2, -0.15) is 18.3 Å². The average Bonchev–Trinajstić information content (AvgIpc) is 3.64. The molecule has 7 rings (SSSR count). The summed E-state index contributed by atoms with van der Waals surface area (Å²) < 4.78 is 46.7. The molecule has 0 radical (unpaired) electrons. The lowest BCUT2D eigenvalue weighted by Gasteiger charge is -2.33. The van der Waals surface area contributed by atoms with E-state index in [2.05, 4.69) is 20.5 Å². The number of hydrogen-bond donors (Lipinski definition) is 2. The van der Waals surface area contributed by atoms with Crippen LogP contribution < -0.4 is 15.4 Å². The first kappa shape index (κ1) is 32.1. The Labute approximate surface area is 277 Å². The number of amides is 5. The maximum atomic E-state index is 13.1. The van der Waals surface area contributed by atoms with Gasteiger partial charge in [-0.3, -0.25) is 29.3 Å². The second-order valence-electron chi connectivity index (χ2n) is 12.2. The molecule has 0 saturated carbocycles. The highest BCUT2D eigenvalue weighted by atomic mass is 19.4. The zero-order valence-corrected chi connectivity index (χ0v) is 26.3. The number of carbonyl (C=O) groups is 4. The number of hydrogen-bond acceptors (Lipinski definition) is 8. The number of nitrogens with one attached hydrogen (secondary N) is 2. The van der Waals surface area contributed by atoms with E-state index in [0.29, 0.717) is 23.4 Å². The summed E-state index contributed by atoms with van der Waals surface area (Å²) in [5.74, 6) is -1.12. The Hall–Kier alpha value is -5.51. The molecule has 49 heavy (non-hydrogen) atoms. The summed E-state index contributed by atoms with van der Waals surface area (Å²) in [7, 11) is 1.43. The van der Waals surface area contributed by atoms with E-state index in [1.807, 2.05) is 23.0 Å². The summed E-state index contributed by atoms with van der Waals surface area (Å²) >= 11 is 0. The number of ether oxygens (including phenoxy) is 1. The molecule has 254 valence electrons. The summed E-state index contributed by atoms with van der Waals surface area (Å²) in [6.07, 6.45) is -0.997. The van der Waals surface area contributed by atoms with Crippen LogP contribution >= 0.6 is 0 Å². The van der Waals surface area contributed by atoms with E-state index in [1.165, 1.54) is 23.2 Å². The van der Waals surface area contributed by atoms with Gasteiger partial charge in [-0.1, -0.05) is 18.2 Å². The number of aromatic nitrogens is 3. The lowest BCUT2D eigenvalue weighted by molar-refractivity contribution is -0.141. The number of anilines is 1. The molecular weight excluding hydrogens is 645 g/mol. The molecule has 2 aromatic carbocycles. The van der Waals surface area contributed by atoms with Crippen molar-refractivity contribution in [2.45, 2.75) is 44.6 Å². The molecule has 0 spiro atoms. The van der Waals surface area contributed by atoms with Crippen LogP contribution in [0.2, 0.25) is 0 Å². The number of hydrazine groups is 1. The summed E-state index contributed by atoms with van der Waals surface area (Å²) in [5, 5.41) is 13.0. The highest BCUT2D eigenvalue weighted by Gasteiger charge is 2.37. The Kier molecular flexibility index (Phi) is 8.18. The van der Waals surface area contributed by atoms with Gasteiger partial charge in [0.2, 0.25) is 5.91 Å². The maximum absolute atomic E-state index is 13.1. The molecule has 2 N–H and O–H groups in total. The van der Waals surface area contributed by atoms with Crippen molar-refractivity contribution >= 4 is 40.3 Å². The smallest absolute Gasteiger partial charge is 0.433 e. The number of fused-ring (bicyclic) bond motifs is 2. The fourth-order valence-electron chi connectivity index (χ4n) is 6.47. The van der Waals surface area contributed by atoms with Crippen molar-refractivity contribution in [3.8, 4) is 5.75 Å². The lowest BCUT2D eigenvalue weighted by atomic mass is 10.0. The number of urea groups is 1. The third kappa shape index (κ3) is 6.38. The molecule has 5 heterocycles. The maximum Gasteiger partial charge on any atom is 0.433 e. The average molecular weight is 677 g/mol. The molecule has 0 bridgehead atoms. The first-order chi connectivity index (χ1) is 23.5. The quantitative estimate of drug-likeness (QED) is 0.294. The molecule has 5 amide bonds. The zero-order valence-electron chi connectivity index (χ0n) is 26.3. The van der Waals surface area contributed by atoms with Crippen molar-refractivity contribution in [1.29, 1.82) is 0 Å². The minimum atomic E-state index is -4.68. The van der Waals surface area contributed by atoms with Gasteiger partial charge in [0.25, 0.3) is 11.8 Å². The van der Waals surface area contributed by atoms with Crippen molar-refractivity contribution in [2.75, 3.05) is 32.1 Å². The molecule has 2 aromatic heterocycles. The number of alkyl halides is 3. The van der Waals surface area contributed by atoms with Gasteiger partial charge >= 0.3 is 12.2 Å². The first-order valence-corrected chi connectivity index (χ1v) is 15.7. The number of likely N-dealkylation sites (tertiary alicyclic amines) is 1. The number of halogens is 3. The standard InChI is InChI=1S/C33H31F3N8O5/c1-49-27-15-25-21(14-26(27)38-30(46)24-3-2-4-28(37-24)33(34,35)36)17-42(40-25)22-7-10-41(11-8-22)16-19-5-6-23-20(13-19)18-44(31(23)47)43-12-9-29(45)39-32(43)48/h2-6,13-15,17,22H,7-12,16,18H2,1H3,(H,38,46)(H,39,45,48). The minimum Gasteiger partial charge on any atom is -0.494 e. The lowest BCUT2D eigenvalue weighted by Crippen LogP contribution is -2.56. The van der Waals surface area contributed by atoms with E-state index in [-0.39, 0.29) is 48.7 Å². The SMILES string of the molecule is COc1cc2nn(C3CCN(Cc4ccc5c(c4)CN(N4CCC(=O)NC4=O)C5=O)CC3)cc2cc1NC(=O)c1cccc(C(F)(F)F)n1. The van der Waals surface area contributed by atoms with Gasteiger partial charge in [-0.25, -0.2) is 19.8 Å². The molecule has 2 fully saturated rings. The molecular formula is C33H31F3N8O5. The van der Waals surface area contributed by atoms with Gasteiger partial charge in [0.1, 0.15) is 17.1 Å². The predicted octanol–water partition coefficient (Wildman–Crippen LogP) is 4.36. The van der Waals surface area contributed by atoms with E-state index >= 15 is 0 Å². The Balaban J connectivity index is 0.985. The van der Waals surface area contributed by atoms with Crippen molar-refractivity contribution in [3.63, 3.8) is 0 Å². The molecule has 3 aliphatic heterocycles. The van der Waals surface area contributed by atoms with Gasteiger partial charge in [0, 0.05) is 49.3 Å². The number of benzene rings is 2. The van der Waals surface area contributed by atoms with Crippen molar-refractivity contribution in [1.82, 2.24) is 35.0 Å². The zero-order chi connectivity index (χ0) is 34.4. The Morgan fingerprint density at radius 1 is 1.04 bits per heavy atom. The topological polar surface area (TPSA) is 142 Å². The largest absolute Gasteiger partial charge is 0.494 e. The van der Waals surface area contributed by atoms with Gasteiger partial charge in [-0.05, 0) is 48.2 Å². The van der Waals surface area contributed by atoms with Crippen molar-refractivity contribution in [3.05, 3.63) is 82.8 Å². The van der Waals surface area contributed by atoms with Gasteiger partial charge in [0.15, 0.2) is 0 Å². The monoisotopic (exact) mass is 676 g/mol. The van der Waals surface area contributed by atoms with E-state index in [1.54, 1.807) is 18.2 Å². The number of pyridine rings is 1. The van der Waals surface area contributed by atoms with E-state index in [0.717, 1.165) is 54.6 Å². The third-order valence-electron chi connectivity index (χ3n) is 8.98. The number of piperidine rings is 1.